The summed E-state index contributed by atoms with van der Waals surface area (Å²) >= 11 is 0. The Hall–Kier alpha value is -0.790. The van der Waals surface area contributed by atoms with Crippen LogP contribution in [-0.4, -0.2) is 12.1 Å². The molecule has 0 aromatic heterocycles. The number of carbonyl (C=O) groups is 1. The number of allylic oxidation sites excluding steroid dienone is 1. The molecule has 0 bridgehead atoms. The molecule has 2 heteroatoms. The second-order valence-corrected chi connectivity index (χ2v) is 5.54. The van der Waals surface area contributed by atoms with Crippen molar-refractivity contribution in [2.45, 2.75) is 64.9 Å². The van der Waals surface area contributed by atoms with Crippen LogP contribution in [-0.2, 0) is 9.53 Å². The highest BCUT2D eigenvalue weighted by Crippen LogP contribution is 2.39. The van der Waals surface area contributed by atoms with Crippen LogP contribution in [0.5, 0.6) is 0 Å². The minimum absolute atomic E-state index is 0.0499. The van der Waals surface area contributed by atoms with Gasteiger partial charge in [0, 0.05) is 0 Å². The molecule has 1 aliphatic carbocycles. The lowest BCUT2D eigenvalue weighted by molar-refractivity contribution is -0.147. The molecule has 1 heterocycles. The summed E-state index contributed by atoms with van der Waals surface area (Å²) in [5.74, 6) is 1.36. The minimum Gasteiger partial charge on any atom is -0.462 e. The summed E-state index contributed by atoms with van der Waals surface area (Å²) in [4.78, 5) is 11.6. The van der Waals surface area contributed by atoms with Gasteiger partial charge in [0.2, 0.25) is 0 Å². The molecule has 0 aromatic carbocycles. The highest BCUT2D eigenvalue weighted by molar-refractivity contribution is 5.71. The summed E-state index contributed by atoms with van der Waals surface area (Å²) < 4.78 is 5.43. The Morgan fingerprint density at radius 3 is 3.00 bits per heavy atom. The van der Waals surface area contributed by atoms with Gasteiger partial charge >= 0.3 is 5.97 Å². The fourth-order valence-corrected chi connectivity index (χ4v) is 3.43. The Bertz CT molecular complexity index is 306. The summed E-state index contributed by atoms with van der Waals surface area (Å²) in [6, 6.07) is 0. The summed E-state index contributed by atoms with van der Waals surface area (Å²) in [6.07, 6.45) is 10.1. The van der Waals surface area contributed by atoms with Gasteiger partial charge < -0.3 is 4.74 Å². The molecular formula is C15H24O2. The minimum atomic E-state index is -0.0499. The van der Waals surface area contributed by atoms with E-state index >= 15 is 0 Å². The number of esters is 1. The molecule has 0 radical (unpaired) electrons. The fourth-order valence-electron chi connectivity index (χ4n) is 3.43. The normalized spacial score (nSPS) is 37.9. The van der Waals surface area contributed by atoms with Crippen LogP contribution in [0.1, 0.15) is 58.8 Å². The van der Waals surface area contributed by atoms with Gasteiger partial charge in [0.25, 0.3) is 0 Å². The van der Waals surface area contributed by atoms with E-state index in [0.29, 0.717) is 18.3 Å². The molecule has 0 unspecified atom stereocenters. The molecule has 2 aliphatic rings. The molecule has 2 nitrogen and oxygen atoms in total. The SMILES string of the molecule is CC[C@@H]1C[C@@H](C)OC(=O)C/C=C2/CCCC[C@H]21. The number of cyclic esters (lactones) is 1. The first-order valence-electron chi connectivity index (χ1n) is 7.09. The van der Waals surface area contributed by atoms with Crippen LogP contribution in [0.25, 0.3) is 0 Å². The monoisotopic (exact) mass is 236 g/mol. The van der Waals surface area contributed by atoms with Gasteiger partial charge in [-0.25, -0.2) is 0 Å². The van der Waals surface area contributed by atoms with Crippen molar-refractivity contribution in [3.05, 3.63) is 11.6 Å². The largest absolute Gasteiger partial charge is 0.462 e. The van der Waals surface area contributed by atoms with Crippen LogP contribution in [0.4, 0.5) is 0 Å². The van der Waals surface area contributed by atoms with Crippen LogP contribution in [0.15, 0.2) is 11.6 Å². The molecule has 2 rings (SSSR count). The van der Waals surface area contributed by atoms with E-state index in [4.69, 9.17) is 4.74 Å². The van der Waals surface area contributed by atoms with Gasteiger partial charge in [0.15, 0.2) is 0 Å². The van der Waals surface area contributed by atoms with Gasteiger partial charge in [0.1, 0.15) is 0 Å². The highest BCUT2D eigenvalue weighted by Gasteiger charge is 2.29. The number of hydrogen-bond acceptors (Lipinski definition) is 2. The fraction of sp³-hybridized carbons (Fsp3) is 0.800. The van der Waals surface area contributed by atoms with E-state index in [1.165, 1.54) is 37.7 Å². The quantitative estimate of drug-likeness (QED) is 0.510. The molecule has 96 valence electrons. The second kappa shape index (κ2) is 5.70. The molecule has 0 aromatic rings. The maximum Gasteiger partial charge on any atom is 0.309 e. The molecule has 17 heavy (non-hydrogen) atoms. The average Bonchev–Trinajstić information content (AvgIpc) is 2.38. The van der Waals surface area contributed by atoms with Crippen LogP contribution in [0.3, 0.4) is 0 Å². The lowest BCUT2D eigenvalue weighted by Gasteiger charge is -2.32. The van der Waals surface area contributed by atoms with Crippen LogP contribution < -0.4 is 0 Å². The first-order valence-corrected chi connectivity index (χ1v) is 7.09. The van der Waals surface area contributed by atoms with Crippen LogP contribution in [0, 0.1) is 11.8 Å². The number of ether oxygens (including phenoxy) is 1. The zero-order chi connectivity index (χ0) is 12.3. The smallest absolute Gasteiger partial charge is 0.309 e. The number of fused-ring (bicyclic) bond motifs is 1. The van der Waals surface area contributed by atoms with E-state index in [2.05, 4.69) is 13.0 Å². The van der Waals surface area contributed by atoms with Crippen LogP contribution >= 0.6 is 0 Å². The third kappa shape index (κ3) is 3.11. The van der Waals surface area contributed by atoms with Crippen molar-refractivity contribution in [3.63, 3.8) is 0 Å². The third-order valence-corrected chi connectivity index (χ3v) is 4.30. The second-order valence-electron chi connectivity index (χ2n) is 5.54. The van der Waals surface area contributed by atoms with Crippen molar-refractivity contribution >= 4 is 5.97 Å². The molecule has 0 amide bonds. The molecule has 1 aliphatic heterocycles. The van der Waals surface area contributed by atoms with Gasteiger partial charge in [-0.15, -0.1) is 0 Å². The standard InChI is InChI=1S/C15H24O2/c1-3-12-10-11(2)17-15(16)9-8-13-6-4-5-7-14(12)13/h8,11-12,14H,3-7,9-10H2,1-2H3/b13-8-/t11-,12-,14+/m1/s1. The number of carbonyl (C=O) groups excluding carboxylic acids is 1. The maximum absolute atomic E-state index is 11.6. The number of hydrogen-bond donors (Lipinski definition) is 0. The van der Waals surface area contributed by atoms with Crippen molar-refractivity contribution in [2.24, 2.45) is 11.8 Å². The van der Waals surface area contributed by atoms with Crippen molar-refractivity contribution in [1.29, 1.82) is 0 Å². The van der Waals surface area contributed by atoms with Gasteiger partial charge in [-0.05, 0) is 44.4 Å². The molecule has 0 spiro atoms. The Kier molecular flexibility index (Phi) is 4.25. The summed E-state index contributed by atoms with van der Waals surface area (Å²) in [7, 11) is 0. The van der Waals surface area contributed by atoms with Gasteiger partial charge in [0.05, 0.1) is 12.5 Å². The van der Waals surface area contributed by atoms with Crippen molar-refractivity contribution in [3.8, 4) is 0 Å². The van der Waals surface area contributed by atoms with E-state index in [-0.39, 0.29) is 12.1 Å². The van der Waals surface area contributed by atoms with Gasteiger partial charge in [-0.2, -0.15) is 0 Å². The Labute approximate surface area is 104 Å². The van der Waals surface area contributed by atoms with E-state index < -0.39 is 0 Å². The lowest BCUT2D eigenvalue weighted by atomic mass is 9.73. The van der Waals surface area contributed by atoms with E-state index in [9.17, 15) is 4.79 Å². The van der Waals surface area contributed by atoms with E-state index in [0.717, 1.165) is 6.42 Å². The first-order chi connectivity index (χ1) is 8.20. The van der Waals surface area contributed by atoms with Gasteiger partial charge in [-0.3, -0.25) is 4.79 Å². The Balaban J connectivity index is 2.19. The van der Waals surface area contributed by atoms with Crippen LogP contribution in [0.2, 0.25) is 0 Å². The predicted molar refractivity (Wildman–Crippen MR) is 68.6 cm³/mol. The van der Waals surface area contributed by atoms with E-state index in [1.807, 2.05) is 6.92 Å². The Morgan fingerprint density at radius 1 is 1.41 bits per heavy atom. The Morgan fingerprint density at radius 2 is 2.24 bits per heavy atom. The third-order valence-electron chi connectivity index (χ3n) is 4.30. The van der Waals surface area contributed by atoms with E-state index in [1.54, 1.807) is 0 Å². The average molecular weight is 236 g/mol. The molecule has 0 N–H and O–H groups in total. The molecule has 1 saturated carbocycles. The number of rotatable bonds is 1. The zero-order valence-corrected chi connectivity index (χ0v) is 11.1. The molecular weight excluding hydrogens is 212 g/mol. The van der Waals surface area contributed by atoms with Crippen molar-refractivity contribution in [1.82, 2.24) is 0 Å². The van der Waals surface area contributed by atoms with Gasteiger partial charge in [-0.1, -0.05) is 31.4 Å². The molecule has 0 saturated heterocycles. The highest BCUT2D eigenvalue weighted by atomic mass is 16.5. The molecule has 1 fully saturated rings. The zero-order valence-electron chi connectivity index (χ0n) is 11.1. The molecule has 3 atom stereocenters. The lowest BCUT2D eigenvalue weighted by Crippen LogP contribution is -2.24. The topological polar surface area (TPSA) is 26.3 Å². The maximum atomic E-state index is 11.6. The van der Waals surface area contributed by atoms with Crippen molar-refractivity contribution < 1.29 is 9.53 Å². The summed E-state index contributed by atoms with van der Waals surface area (Å²) in [5, 5.41) is 0. The first kappa shape index (κ1) is 12.7. The summed E-state index contributed by atoms with van der Waals surface area (Å²) in [5.41, 5.74) is 1.54. The summed E-state index contributed by atoms with van der Waals surface area (Å²) in [6.45, 7) is 4.30. The van der Waals surface area contributed by atoms with Crippen molar-refractivity contribution in [2.75, 3.05) is 0 Å². The predicted octanol–water partition coefficient (Wildman–Crippen LogP) is 3.85.